The molecular weight excluding hydrogens is 196 g/mol. The van der Waals surface area contributed by atoms with Crippen molar-refractivity contribution in [1.82, 2.24) is 9.13 Å². The molecule has 1 heterocycles. The maximum Gasteiger partial charge on any atom is 0.330 e. The summed E-state index contributed by atoms with van der Waals surface area (Å²) in [4.78, 5) is 23.2. The van der Waals surface area contributed by atoms with Gasteiger partial charge in [0.2, 0.25) is 0 Å². The maximum absolute atomic E-state index is 11.7. The molecule has 1 rings (SSSR count). The summed E-state index contributed by atoms with van der Waals surface area (Å²) in [6.45, 7) is 2.67. The van der Waals surface area contributed by atoms with Crippen LogP contribution in [0, 0.1) is 6.92 Å². The van der Waals surface area contributed by atoms with E-state index < -0.39 is 0 Å². The minimum absolute atomic E-state index is 0.316. The Morgan fingerprint density at radius 3 is 2.40 bits per heavy atom. The summed E-state index contributed by atoms with van der Waals surface area (Å²) < 4.78 is 2.51. The van der Waals surface area contributed by atoms with Crippen LogP contribution in [0.5, 0.6) is 0 Å². The Bertz CT molecular complexity index is 472. The second kappa shape index (κ2) is 4.31. The summed E-state index contributed by atoms with van der Waals surface area (Å²) in [5.41, 5.74) is 5.76. The van der Waals surface area contributed by atoms with Gasteiger partial charge in [0.05, 0.1) is 0 Å². The van der Waals surface area contributed by atoms with Crippen molar-refractivity contribution in [3.63, 3.8) is 0 Å². The van der Waals surface area contributed by atoms with E-state index in [1.807, 2.05) is 0 Å². The topological polar surface area (TPSA) is 82.1 Å². The van der Waals surface area contributed by atoms with Crippen molar-refractivity contribution in [1.29, 1.82) is 0 Å². The molecule has 0 aromatic carbocycles. The van der Waals surface area contributed by atoms with Gasteiger partial charge in [-0.3, -0.25) is 13.9 Å². The van der Waals surface area contributed by atoms with E-state index in [-0.39, 0.29) is 11.2 Å². The number of anilines is 1. The van der Waals surface area contributed by atoms with Crippen molar-refractivity contribution in [2.45, 2.75) is 6.92 Å². The molecule has 1 aromatic heterocycles. The molecule has 0 aliphatic heterocycles. The molecule has 1 aromatic rings. The van der Waals surface area contributed by atoms with Gasteiger partial charge < -0.3 is 11.1 Å². The molecule has 15 heavy (non-hydrogen) atoms. The highest BCUT2D eigenvalue weighted by molar-refractivity contribution is 5.45. The van der Waals surface area contributed by atoms with Crippen LogP contribution in [0.4, 0.5) is 5.69 Å². The molecule has 6 heteroatoms. The number of nitrogens with zero attached hydrogens (tertiary/aromatic N) is 2. The first-order chi connectivity index (χ1) is 7.00. The van der Waals surface area contributed by atoms with Crippen LogP contribution >= 0.6 is 0 Å². The van der Waals surface area contributed by atoms with Gasteiger partial charge in [0, 0.05) is 32.9 Å². The highest BCUT2D eigenvalue weighted by Gasteiger charge is 2.10. The van der Waals surface area contributed by atoms with Crippen molar-refractivity contribution in [3.8, 4) is 0 Å². The quantitative estimate of drug-likeness (QED) is 0.657. The summed E-state index contributed by atoms with van der Waals surface area (Å²) in [5.74, 6) is 0. The Balaban J connectivity index is 3.39. The Labute approximate surface area is 87.3 Å². The molecule has 0 unspecified atom stereocenters. The van der Waals surface area contributed by atoms with Gasteiger partial charge in [-0.25, -0.2) is 4.79 Å². The average Bonchev–Trinajstić information content (AvgIpc) is 2.24. The third-order valence-electron chi connectivity index (χ3n) is 2.40. The first-order valence-electron chi connectivity index (χ1n) is 4.71. The molecule has 0 aliphatic rings. The minimum atomic E-state index is -0.323. The van der Waals surface area contributed by atoms with Crippen LogP contribution in [-0.4, -0.2) is 22.2 Å². The number of rotatable bonds is 3. The Morgan fingerprint density at radius 1 is 1.27 bits per heavy atom. The molecule has 0 fully saturated rings. The zero-order valence-corrected chi connectivity index (χ0v) is 9.20. The lowest BCUT2D eigenvalue weighted by Gasteiger charge is -2.12. The molecule has 3 N–H and O–H groups in total. The van der Waals surface area contributed by atoms with Gasteiger partial charge in [-0.1, -0.05) is 0 Å². The Morgan fingerprint density at radius 2 is 1.87 bits per heavy atom. The van der Waals surface area contributed by atoms with Crippen molar-refractivity contribution in [2.24, 2.45) is 19.8 Å². The monoisotopic (exact) mass is 212 g/mol. The van der Waals surface area contributed by atoms with Gasteiger partial charge in [0.1, 0.15) is 5.69 Å². The average molecular weight is 212 g/mol. The Hall–Kier alpha value is -1.56. The summed E-state index contributed by atoms with van der Waals surface area (Å²) in [7, 11) is 3.09. The number of hydrogen-bond donors (Lipinski definition) is 2. The lowest BCUT2D eigenvalue weighted by Crippen LogP contribution is -2.40. The minimum Gasteiger partial charge on any atom is -0.378 e. The molecule has 0 saturated carbocycles. The van der Waals surface area contributed by atoms with E-state index in [0.717, 1.165) is 4.57 Å². The molecule has 0 atom stereocenters. The molecule has 0 saturated heterocycles. The first-order valence-corrected chi connectivity index (χ1v) is 4.71. The van der Waals surface area contributed by atoms with E-state index in [1.54, 1.807) is 14.0 Å². The highest BCUT2D eigenvalue weighted by Crippen LogP contribution is 2.03. The van der Waals surface area contributed by atoms with E-state index in [0.29, 0.717) is 24.5 Å². The summed E-state index contributed by atoms with van der Waals surface area (Å²) in [5, 5.41) is 2.92. The van der Waals surface area contributed by atoms with Crippen molar-refractivity contribution in [2.75, 3.05) is 18.4 Å². The molecule has 0 radical (unpaired) electrons. The van der Waals surface area contributed by atoms with Gasteiger partial charge in [-0.2, -0.15) is 0 Å². The van der Waals surface area contributed by atoms with Crippen LogP contribution in [0.25, 0.3) is 0 Å². The first kappa shape index (κ1) is 11.5. The van der Waals surface area contributed by atoms with Crippen LogP contribution < -0.4 is 22.3 Å². The van der Waals surface area contributed by atoms with Crippen LogP contribution in [-0.2, 0) is 14.1 Å². The number of hydrogen-bond acceptors (Lipinski definition) is 4. The van der Waals surface area contributed by atoms with Crippen LogP contribution in [0.1, 0.15) is 5.69 Å². The molecule has 0 spiro atoms. The Kier molecular flexibility index (Phi) is 3.31. The normalized spacial score (nSPS) is 10.4. The number of nitrogens with two attached hydrogens (primary N) is 1. The predicted molar refractivity (Wildman–Crippen MR) is 59.2 cm³/mol. The predicted octanol–water partition coefficient (Wildman–Crippen LogP) is -1.24. The van der Waals surface area contributed by atoms with Gasteiger partial charge in [-0.15, -0.1) is 0 Å². The summed E-state index contributed by atoms with van der Waals surface area (Å²) >= 11 is 0. The second-order valence-corrected chi connectivity index (χ2v) is 3.38. The van der Waals surface area contributed by atoms with Crippen molar-refractivity contribution < 1.29 is 0 Å². The van der Waals surface area contributed by atoms with Crippen LogP contribution in [0.2, 0.25) is 0 Å². The molecular formula is C9H16N4O2. The van der Waals surface area contributed by atoms with E-state index in [9.17, 15) is 9.59 Å². The van der Waals surface area contributed by atoms with E-state index in [2.05, 4.69) is 5.32 Å². The summed E-state index contributed by atoms with van der Waals surface area (Å²) in [6, 6.07) is 0. The number of nitrogens with one attached hydrogen (secondary N) is 1. The third kappa shape index (κ3) is 1.94. The summed E-state index contributed by atoms with van der Waals surface area (Å²) in [6.07, 6.45) is 0. The lowest BCUT2D eigenvalue weighted by atomic mass is 10.3. The van der Waals surface area contributed by atoms with Gasteiger partial charge in [0.15, 0.2) is 0 Å². The van der Waals surface area contributed by atoms with Gasteiger partial charge in [0.25, 0.3) is 5.56 Å². The highest BCUT2D eigenvalue weighted by atomic mass is 16.2. The second-order valence-electron chi connectivity index (χ2n) is 3.38. The fourth-order valence-electron chi connectivity index (χ4n) is 1.35. The fraction of sp³-hybridized carbons (Fsp3) is 0.556. The standard InChI is InChI=1S/C9H16N4O2/c1-6-7(11-5-4-10)8(14)13(3)9(15)12(6)2/h11H,4-5,10H2,1-3H3. The third-order valence-corrected chi connectivity index (χ3v) is 2.40. The SMILES string of the molecule is Cc1c(NCCN)c(=O)n(C)c(=O)n1C. The molecule has 0 aliphatic carbocycles. The smallest absolute Gasteiger partial charge is 0.330 e. The molecule has 6 nitrogen and oxygen atoms in total. The van der Waals surface area contributed by atoms with Crippen molar-refractivity contribution in [3.05, 3.63) is 26.5 Å². The zero-order chi connectivity index (χ0) is 11.6. The van der Waals surface area contributed by atoms with Crippen molar-refractivity contribution >= 4 is 5.69 Å². The van der Waals surface area contributed by atoms with Crippen LogP contribution in [0.15, 0.2) is 9.59 Å². The number of aromatic nitrogens is 2. The maximum atomic E-state index is 11.7. The van der Waals surface area contributed by atoms with E-state index in [1.165, 1.54) is 11.6 Å². The molecule has 84 valence electrons. The van der Waals surface area contributed by atoms with Gasteiger partial charge >= 0.3 is 5.69 Å². The van der Waals surface area contributed by atoms with Crippen LogP contribution in [0.3, 0.4) is 0 Å². The lowest BCUT2D eigenvalue weighted by molar-refractivity contribution is 0.669. The fourth-order valence-corrected chi connectivity index (χ4v) is 1.35. The largest absolute Gasteiger partial charge is 0.378 e. The molecule has 0 bridgehead atoms. The zero-order valence-electron chi connectivity index (χ0n) is 9.20. The van der Waals surface area contributed by atoms with E-state index in [4.69, 9.17) is 5.73 Å². The van der Waals surface area contributed by atoms with E-state index >= 15 is 0 Å². The molecule has 0 amide bonds. The van der Waals surface area contributed by atoms with Gasteiger partial charge in [-0.05, 0) is 6.92 Å².